The molecule has 102 valence electrons. The van der Waals surface area contributed by atoms with Crippen LogP contribution in [-0.2, 0) is 0 Å². The highest BCUT2D eigenvalue weighted by Gasteiger charge is 2.20. The Kier molecular flexibility index (Phi) is 3.93. The lowest BCUT2D eigenvalue weighted by Crippen LogP contribution is -2.35. The molecule has 0 atom stereocenters. The van der Waals surface area contributed by atoms with Gasteiger partial charge in [0.05, 0.1) is 0 Å². The van der Waals surface area contributed by atoms with Crippen molar-refractivity contribution >= 4 is 34.9 Å². The van der Waals surface area contributed by atoms with Crippen LogP contribution in [0.15, 0.2) is 73.3 Å². The molecule has 1 heterocycles. The largest absolute Gasteiger partial charge is 0.550 e. The van der Waals surface area contributed by atoms with Crippen molar-refractivity contribution in [2.45, 2.75) is 0 Å². The molecule has 0 aliphatic carbocycles. The normalized spacial score (nSPS) is 10.3. The molecule has 1 aromatic heterocycles. The van der Waals surface area contributed by atoms with Gasteiger partial charge in [-0.3, -0.25) is 4.98 Å². The number of benzene rings is 2. The average molecular weight is 294 g/mol. The van der Waals surface area contributed by atoms with Crippen LogP contribution < -0.4 is 10.1 Å². The molecule has 0 aliphatic heterocycles. The van der Waals surface area contributed by atoms with E-state index in [9.17, 15) is 0 Å². The van der Waals surface area contributed by atoms with Crippen LogP contribution in [0, 0.1) is 0 Å². The summed E-state index contributed by atoms with van der Waals surface area (Å²) >= 11 is 6.24. The van der Waals surface area contributed by atoms with Crippen LogP contribution in [0.4, 0.5) is 0 Å². The maximum Gasteiger partial charge on any atom is 0.419 e. The molecule has 0 spiro atoms. The molecule has 0 saturated carbocycles. The smallest absolute Gasteiger partial charge is 0.419 e. The van der Waals surface area contributed by atoms with Gasteiger partial charge in [-0.1, -0.05) is 54.0 Å². The van der Waals surface area contributed by atoms with Crippen LogP contribution in [0.25, 0.3) is 10.9 Å². The van der Waals surface area contributed by atoms with Gasteiger partial charge in [0, 0.05) is 16.6 Å². The predicted molar refractivity (Wildman–Crippen MR) is 89.4 cm³/mol. The molecule has 21 heavy (non-hydrogen) atoms. The number of hydrogen-bond acceptors (Lipinski definition) is 2. The minimum Gasteiger partial charge on any atom is -0.550 e. The van der Waals surface area contributed by atoms with Crippen molar-refractivity contribution in [2.75, 3.05) is 0 Å². The molecule has 0 aliphatic rings. The highest BCUT2D eigenvalue weighted by Crippen LogP contribution is 2.23. The number of aromatic nitrogens is 1. The minimum absolute atomic E-state index is 0.314. The summed E-state index contributed by atoms with van der Waals surface area (Å²) in [4.78, 5) is 4.39. The number of fused-ring (bicyclic) bond motifs is 1. The molecule has 0 radical (unpaired) electrons. The molecule has 0 amide bonds. The fraction of sp³-hybridized carbons (Fsp3) is 0. The van der Waals surface area contributed by atoms with E-state index in [1.165, 1.54) is 0 Å². The first kappa shape index (κ1) is 13.7. The molecule has 0 saturated heterocycles. The van der Waals surface area contributed by atoms with Gasteiger partial charge in [-0.2, -0.15) is 0 Å². The Balaban J connectivity index is 2.00. The van der Waals surface area contributed by atoms with E-state index in [-0.39, 0.29) is 6.92 Å². The molecule has 0 bridgehead atoms. The highest BCUT2D eigenvalue weighted by atomic mass is 35.5. The van der Waals surface area contributed by atoms with Crippen molar-refractivity contribution in [3.8, 4) is 5.75 Å². The van der Waals surface area contributed by atoms with Gasteiger partial charge in [0.1, 0.15) is 11.3 Å². The van der Waals surface area contributed by atoms with Gasteiger partial charge in [0.25, 0.3) is 0 Å². The van der Waals surface area contributed by atoms with Crippen LogP contribution in [0.1, 0.15) is 0 Å². The lowest BCUT2D eigenvalue weighted by atomic mass is 9.61. The lowest BCUT2D eigenvalue weighted by molar-refractivity contribution is 0.596. The van der Waals surface area contributed by atoms with Crippen molar-refractivity contribution in [2.24, 2.45) is 0 Å². The van der Waals surface area contributed by atoms with Crippen molar-refractivity contribution in [1.82, 2.24) is 4.98 Å². The second-order valence-corrected chi connectivity index (χ2v) is 5.03. The molecule has 3 rings (SSSR count). The molecule has 2 nitrogen and oxygen atoms in total. The number of pyridine rings is 1. The van der Waals surface area contributed by atoms with Crippen LogP contribution in [0.2, 0.25) is 5.02 Å². The van der Waals surface area contributed by atoms with E-state index < -0.39 is 0 Å². The first-order valence-corrected chi connectivity index (χ1v) is 7.05. The zero-order valence-corrected chi connectivity index (χ0v) is 12.1. The number of nitrogens with zero attached hydrogens (tertiary/aromatic N) is 1. The first-order valence-electron chi connectivity index (χ1n) is 6.67. The standard InChI is InChI=1S/C17H13BClNO/c1-2-18(14-9-3-4-10-15(14)19)21-16-11-5-7-13-8-6-12-20-17(13)16/h2-12H,1H2. The fourth-order valence-electron chi connectivity index (χ4n) is 2.25. The molecule has 0 N–H and O–H groups in total. The Morgan fingerprint density at radius 3 is 2.67 bits per heavy atom. The van der Waals surface area contributed by atoms with E-state index in [1.54, 1.807) is 12.2 Å². The van der Waals surface area contributed by atoms with Gasteiger partial charge in [0.2, 0.25) is 0 Å². The fourth-order valence-corrected chi connectivity index (χ4v) is 2.50. The zero-order valence-electron chi connectivity index (χ0n) is 11.4. The maximum absolute atomic E-state index is 6.24. The molecule has 4 heteroatoms. The Morgan fingerprint density at radius 2 is 1.86 bits per heavy atom. The molecule has 3 aromatic rings. The summed E-state index contributed by atoms with van der Waals surface area (Å²) in [6, 6.07) is 17.4. The van der Waals surface area contributed by atoms with E-state index >= 15 is 0 Å². The summed E-state index contributed by atoms with van der Waals surface area (Å²) in [5.74, 6) is 2.46. The molecule has 0 fully saturated rings. The average Bonchev–Trinajstić information content (AvgIpc) is 2.53. The van der Waals surface area contributed by atoms with Crippen LogP contribution in [0.3, 0.4) is 0 Å². The second kappa shape index (κ2) is 6.02. The van der Waals surface area contributed by atoms with Crippen LogP contribution >= 0.6 is 11.6 Å². The predicted octanol–water partition coefficient (Wildman–Crippen LogP) is 3.89. The molecular formula is C17H13BClNO. The van der Waals surface area contributed by atoms with Gasteiger partial charge in [-0.05, 0) is 23.7 Å². The van der Waals surface area contributed by atoms with Crippen LogP contribution in [-0.4, -0.2) is 11.9 Å². The minimum atomic E-state index is -0.314. The molecular weight excluding hydrogens is 280 g/mol. The van der Waals surface area contributed by atoms with Crippen molar-refractivity contribution in [3.05, 3.63) is 78.4 Å². The summed E-state index contributed by atoms with van der Waals surface area (Å²) in [5.41, 5.74) is 1.72. The van der Waals surface area contributed by atoms with E-state index in [0.717, 1.165) is 22.1 Å². The van der Waals surface area contributed by atoms with E-state index in [0.29, 0.717) is 5.02 Å². The van der Waals surface area contributed by atoms with Crippen molar-refractivity contribution in [3.63, 3.8) is 0 Å². The van der Waals surface area contributed by atoms with Crippen molar-refractivity contribution in [1.29, 1.82) is 0 Å². The first-order chi connectivity index (χ1) is 10.3. The van der Waals surface area contributed by atoms with Crippen molar-refractivity contribution < 1.29 is 4.65 Å². The van der Waals surface area contributed by atoms with Gasteiger partial charge < -0.3 is 4.65 Å². The quantitative estimate of drug-likeness (QED) is 0.681. The lowest BCUT2D eigenvalue weighted by Gasteiger charge is -2.15. The summed E-state index contributed by atoms with van der Waals surface area (Å²) in [6.45, 7) is 3.54. The Labute approximate surface area is 129 Å². The molecule has 2 aromatic carbocycles. The van der Waals surface area contributed by atoms with Gasteiger partial charge in [-0.15, -0.1) is 6.58 Å². The third-order valence-electron chi connectivity index (χ3n) is 3.28. The number of hydrogen-bond donors (Lipinski definition) is 0. The van der Waals surface area contributed by atoms with E-state index in [4.69, 9.17) is 16.3 Å². The topological polar surface area (TPSA) is 22.1 Å². The summed E-state index contributed by atoms with van der Waals surface area (Å²) < 4.78 is 6.08. The maximum atomic E-state index is 6.24. The van der Waals surface area contributed by atoms with E-state index in [1.807, 2.05) is 54.6 Å². The number of halogens is 1. The third kappa shape index (κ3) is 2.78. The summed E-state index contributed by atoms with van der Waals surface area (Å²) in [6.07, 6.45) is 1.76. The number of para-hydroxylation sites is 1. The SMILES string of the molecule is C=CB(Oc1cccc2cccnc12)c1ccccc1Cl. The third-order valence-corrected chi connectivity index (χ3v) is 3.62. The molecule has 0 unspecified atom stereocenters. The van der Waals surface area contributed by atoms with Gasteiger partial charge in [-0.25, -0.2) is 0 Å². The number of rotatable bonds is 4. The monoisotopic (exact) mass is 293 g/mol. The summed E-state index contributed by atoms with van der Waals surface area (Å²) in [7, 11) is 0. The van der Waals surface area contributed by atoms with E-state index in [2.05, 4.69) is 11.6 Å². The Morgan fingerprint density at radius 1 is 1.05 bits per heavy atom. The Bertz CT molecular complexity index is 785. The highest BCUT2D eigenvalue weighted by molar-refractivity contribution is 6.75. The Hall–Kier alpha value is -2.26. The zero-order chi connectivity index (χ0) is 14.7. The second-order valence-electron chi connectivity index (χ2n) is 4.63. The van der Waals surface area contributed by atoms with Crippen LogP contribution in [0.5, 0.6) is 5.75 Å². The van der Waals surface area contributed by atoms with Gasteiger partial charge in [0.15, 0.2) is 0 Å². The summed E-state index contributed by atoms with van der Waals surface area (Å²) in [5, 5.41) is 1.70. The van der Waals surface area contributed by atoms with Gasteiger partial charge >= 0.3 is 6.92 Å².